The van der Waals surface area contributed by atoms with E-state index in [9.17, 15) is 0 Å². The van der Waals surface area contributed by atoms with Crippen LogP contribution in [0.5, 0.6) is 0 Å². The second-order valence-electron chi connectivity index (χ2n) is 3.39. The average molecular weight is 166 g/mol. The van der Waals surface area contributed by atoms with Crippen molar-refractivity contribution in [3.8, 4) is 0 Å². The minimum absolute atomic E-state index is 0.0345. The van der Waals surface area contributed by atoms with E-state index in [2.05, 4.69) is 15.3 Å². The Balaban J connectivity index is 2.02. The third kappa shape index (κ3) is 1.58. The van der Waals surface area contributed by atoms with Crippen LogP contribution in [0.2, 0.25) is 0 Å². The third-order valence-electron chi connectivity index (χ3n) is 2.00. The number of nitrogens with two attached hydrogens (primary N) is 1. The van der Waals surface area contributed by atoms with Crippen LogP contribution < -0.4 is 11.1 Å². The summed E-state index contributed by atoms with van der Waals surface area (Å²) < 4.78 is 0. The first kappa shape index (κ1) is 7.61. The van der Waals surface area contributed by atoms with Crippen molar-refractivity contribution in [3.63, 3.8) is 0 Å². The van der Waals surface area contributed by atoms with Gasteiger partial charge in [-0.1, -0.05) is 0 Å². The first-order chi connectivity index (χ1) is 5.75. The normalized spacial score (nSPS) is 19.2. The fourth-order valence-electron chi connectivity index (χ4n) is 1.06. The molecule has 66 valence electrons. The molecule has 1 aromatic rings. The van der Waals surface area contributed by atoms with Gasteiger partial charge < -0.3 is 16.0 Å². The second kappa shape index (κ2) is 2.79. The monoisotopic (exact) mass is 166 g/mol. The summed E-state index contributed by atoms with van der Waals surface area (Å²) >= 11 is 0. The lowest BCUT2D eigenvalue weighted by Crippen LogP contribution is -2.06. The highest BCUT2D eigenvalue weighted by Gasteiger charge is 2.21. The van der Waals surface area contributed by atoms with Crippen LogP contribution in [0.15, 0.2) is 6.20 Å². The molecule has 0 amide bonds. The van der Waals surface area contributed by atoms with E-state index in [0.29, 0.717) is 6.04 Å². The molecule has 2 rings (SSSR count). The summed E-state index contributed by atoms with van der Waals surface area (Å²) in [4.78, 5) is 7.31. The molecule has 0 aliphatic heterocycles. The molecule has 1 unspecified atom stereocenters. The Morgan fingerprint density at radius 3 is 3.00 bits per heavy atom. The molecule has 1 aromatic heterocycles. The molecule has 0 saturated heterocycles. The van der Waals surface area contributed by atoms with Crippen LogP contribution in [-0.2, 0) is 0 Å². The molecule has 1 atom stereocenters. The Morgan fingerprint density at radius 2 is 2.50 bits per heavy atom. The SMILES string of the molecule is CC(N)c1cnc(NC2CC2)[nH]1. The lowest BCUT2D eigenvalue weighted by molar-refractivity contribution is 0.789. The minimum atomic E-state index is 0.0345. The van der Waals surface area contributed by atoms with E-state index in [1.54, 1.807) is 6.20 Å². The first-order valence-electron chi connectivity index (χ1n) is 4.33. The van der Waals surface area contributed by atoms with Gasteiger partial charge in [-0.15, -0.1) is 0 Å². The standard InChI is InChI=1S/C8H14N4/c1-5(9)7-4-10-8(12-7)11-6-2-3-6/h4-6H,2-3,9H2,1H3,(H2,10,11,12). The molecule has 1 aliphatic carbocycles. The summed E-state index contributed by atoms with van der Waals surface area (Å²) in [5.41, 5.74) is 6.66. The van der Waals surface area contributed by atoms with Gasteiger partial charge in [0.1, 0.15) is 0 Å². The Hall–Kier alpha value is -1.03. The molecule has 1 saturated carbocycles. The maximum atomic E-state index is 5.67. The van der Waals surface area contributed by atoms with Gasteiger partial charge in [-0.3, -0.25) is 0 Å². The van der Waals surface area contributed by atoms with Gasteiger partial charge in [0.25, 0.3) is 0 Å². The lowest BCUT2D eigenvalue weighted by atomic mass is 10.3. The number of rotatable bonds is 3. The highest BCUT2D eigenvalue weighted by molar-refractivity contribution is 5.30. The molecule has 1 fully saturated rings. The summed E-state index contributed by atoms with van der Waals surface area (Å²) in [6.07, 6.45) is 4.30. The molecule has 4 nitrogen and oxygen atoms in total. The fourth-order valence-corrected chi connectivity index (χ4v) is 1.06. The fraction of sp³-hybridized carbons (Fsp3) is 0.625. The summed E-state index contributed by atoms with van der Waals surface area (Å²) in [7, 11) is 0. The van der Waals surface area contributed by atoms with E-state index in [0.717, 1.165) is 11.6 Å². The Bertz CT molecular complexity index is 262. The number of hydrogen-bond acceptors (Lipinski definition) is 3. The Labute approximate surface area is 71.6 Å². The third-order valence-corrected chi connectivity index (χ3v) is 2.00. The van der Waals surface area contributed by atoms with Crippen molar-refractivity contribution in [2.75, 3.05) is 5.32 Å². The quantitative estimate of drug-likeness (QED) is 0.627. The summed E-state index contributed by atoms with van der Waals surface area (Å²) in [5.74, 6) is 0.852. The maximum absolute atomic E-state index is 5.67. The van der Waals surface area contributed by atoms with Crippen molar-refractivity contribution in [2.24, 2.45) is 5.73 Å². The zero-order valence-electron chi connectivity index (χ0n) is 7.17. The molecule has 1 heterocycles. The number of aromatic amines is 1. The van der Waals surface area contributed by atoms with Gasteiger partial charge in [-0.25, -0.2) is 4.98 Å². The number of aromatic nitrogens is 2. The number of nitrogens with one attached hydrogen (secondary N) is 2. The number of imidazole rings is 1. The number of hydrogen-bond donors (Lipinski definition) is 3. The molecule has 0 bridgehead atoms. The van der Waals surface area contributed by atoms with E-state index < -0.39 is 0 Å². The Kier molecular flexibility index (Phi) is 1.77. The van der Waals surface area contributed by atoms with E-state index in [1.165, 1.54) is 12.8 Å². The van der Waals surface area contributed by atoms with Crippen LogP contribution in [0.1, 0.15) is 31.5 Å². The van der Waals surface area contributed by atoms with Gasteiger partial charge >= 0.3 is 0 Å². The van der Waals surface area contributed by atoms with Crippen LogP contribution in [0, 0.1) is 0 Å². The lowest BCUT2D eigenvalue weighted by Gasteiger charge is -2.00. The zero-order chi connectivity index (χ0) is 8.55. The van der Waals surface area contributed by atoms with E-state index in [-0.39, 0.29) is 6.04 Å². The van der Waals surface area contributed by atoms with Crippen molar-refractivity contribution in [1.82, 2.24) is 9.97 Å². The van der Waals surface area contributed by atoms with Crippen LogP contribution in [-0.4, -0.2) is 16.0 Å². The van der Waals surface area contributed by atoms with Crippen molar-refractivity contribution in [2.45, 2.75) is 31.8 Å². The molecule has 12 heavy (non-hydrogen) atoms. The summed E-state index contributed by atoms with van der Waals surface area (Å²) in [6, 6.07) is 0.671. The molecule has 0 spiro atoms. The first-order valence-corrected chi connectivity index (χ1v) is 4.33. The van der Waals surface area contributed by atoms with Gasteiger partial charge in [0.15, 0.2) is 0 Å². The molecular formula is C8H14N4. The Morgan fingerprint density at radius 1 is 1.75 bits per heavy atom. The predicted octanol–water partition coefficient (Wildman–Crippen LogP) is 1.00. The van der Waals surface area contributed by atoms with Gasteiger partial charge in [0.2, 0.25) is 5.95 Å². The molecular weight excluding hydrogens is 152 g/mol. The van der Waals surface area contributed by atoms with Gasteiger partial charge in [-0.2, -0.15) is 0 Å². The number of H-pyrrole nitrogens is 1. The van der Waals surface area contributed by atoms with Crippen LogP contribution in [0.25, 0.3) is 0 Å². The van der Waals surface area contributed by atoms with Gasteiger partial charge in [0, 0.05) is 12.1 Å². The highest BCUT2D eigenvalue weighted by Crippen LogP contribution is 2.23. The average Bonchev–Trinajstić information content (AvgIpc) is 2.66. The molecule has 0 aromatic carbocycles. The molecule has 4 N–H and O–H groups in total. The van der Waals surface area contributed by atoms with Crippen molar-refractivity contribution in [3.05, 3.63) is 11.9 Å². The van der Waals surface area contributed by atoms with Crippen molar-refractivity contribution >= 4 is 5.95 Å². The molecule has 0 radical (unpaired) electrons. The zero-order valence-corrected chi connectivity index (χ0v) is 7.17. The molecule has 1 aliphatic rings. The second-order valence-corrected chi connectivity index (χ2v) is 3.39. The van der Waals surface area contributed by atoms with E-state index in [4.69, 9.17) is 5.73 Å². The maximum Gasteiger partial charge on any atom is 0.200 e. The summed E-state index contributed by atoms with van der Waals surface area (Å²) in [5, 5.41) is 3.27. The van der Waals surface area contributed by atoms with Crippen LogP contribution in [0.4, 0.5) is 5.95 Å². The van der Waals surface area contributed by atoms with Crippen molar-refractivity contribution in [1.29, 1.82) is 0 Å². The van der Waals surface area contributed by atoms with Gasteiger partial charge in [0.05, 0.1) is 11.9 Å². The highest BCUT2D eigenvalue weighted by atomic mass is 15.1. The van der Waals surface area contributed by atoms with Crippen LogP contribution >= 0.6 is 0 Å². The van der Waals surface area contributed by atoms with Crippen LogP contribution in [0.3, 0.4) is 0 Å². The smallest absolute Gasteiger partial charge is 0.200 e. The van der Waals surface area contributed by atoms with E-state index in [1.807, 2.05) is 6.92 Å². The van der Waals surface area contributed by atoms with Gasteiger partial charge in [-0.05, 0) is 19.8 Å². The predicted molar refractivity (Wildman–Crippen MR) is 47.8 cm³/mol. The van der Waals surface area contributed by atoms with Crippen molar-refractivity contribution < 1.29 is 0 Å². The number of nitrogens with zero attached hydrogens (tertiary/aromatic N) is 1. The topological polar surface area (TPSA) is 66.7 Å². The summed E-state index contributed by atoms with van der Waals surface area (Å²) in [6.45, 7) is 1.94. The van der Waals surface area contributed by atoms with E-state index >= 15 is 0 Å². The number of anilines is 1. The largest absolute Gasteiger partial charge is 0.353 e. The molecule has 4 heteroatoms. The minimum Gasteiger partial charge on any atom is -0.353 e.